The van der Waals surface area contributed by atoms with Crippen LogP contribution in [0.1, 0.15) is 78.0 Å². The normalized spacial score (nSPS) is 19.6. The minimum atomic E-state index is -1.22. The smallest absolute Gasteiger partial charge is 0.407 e. The molecular formula is C40H50N8O6. The molecule has 0 aliphatic carbocycles. The van der Waals surface area contributed by atoms with Gasteiger partial charge in [0.2, 0.25) is 11.8 Å². The number of amides is 4. The fourth-order valence-electron chi connectivity index (χ4n) is 7.65. The zero-order valence-corrected chi connectivity index (χ0v) is 31.7. The van der Waals surface area contributed by atoms with Crippen LogP contribution in [-0.2, 0) is 19.9 Å². The van der Waals surface area contributed by atoms with Crippen LogP contribution in [-0.4, -0.2) is 91.1 Å². The van der Waals surface area contributed by atoms with Crippen molar-refractivity contribution in [2.24, 2.45) is 11.8 Å². The third kappa shape index (κ3) is 7.68. The third-order valence-electron chi connectivity index (χ3n) is 10.8. The van der Waals surface area contributed by atoms with Gasteiger partial charge in [0.1, 0.15) is 23.7 Å². The van der Waals surface area contributed by atoms with Gasteiger partial charge in [0.25, 0.3) is 0 Å². The average Bonchev–Trinajstić information content (AvgIpc) is 3.99. The summed E-state index contributed by atoms with van der Waals surface area (Å²) in [6.45, 7) is 10.6. The van der Waals surface area contributed by atoms with E-state index in [1.807, 2.05) is 58.9 Å². The Morgan fingerprint density at radius 2 is 1.35 bits per heavy atom. The summed E-state index contributed by atoms with van der Waals surface area (Å²) >= 11 is 0. The maximum absolute atomic E-state index is 13.6. The first-order valence-electron chi connectivity index (χ1n) is 18.6. The summed E-state index contributed by atoms with van der Waals surface area (Å²) in [6.07, 6.45) is 4.86. The van der Waals surface area contributed by atoms with Crippen molar-refractivity contribution in [2.75, 3.05) is 20.2 Å². The van der Waals surface area contributed by atoms with Crippen molar-refractivity contribution < 1.29 is 29.0 Å². The highest BCUT2D eigenvalue weighted by atomic mass is 16.5. The molecule has 0 saturated carbocycles. The molecule has 6 rings (SSSR count). The summed E-state index contributed by atoms with van der Waals surface area (Å²) in [4.78, 5) is 70.2. The Labute approximate surface area is 315 Å². The van der Waals surface area contributed by atoms with Crippen LogP contribution in [0.3, 0.4) is 0 Å². The van der Waals surface area contributed by atoms with Gasteiger partial charge in [0, 0.05) is 13.1 Å². The van der Waals surface area contributed by atoms with E-state index in [1.165, 1.54) is 7.11 Å². The largest absolute Gasteiger partial charge is 0.465 e. The molecule has 4 heterocycles. The minimum absolute atomic E-state index is 0.108. The summed E-state index contributed by atoms with van der Waals surface area (Å²) in [5, 5.41) is 14.4. The highest BCUT2D eigenvalue weighted by molar-refractivity contribution is 5.87. The van der Waals surface area contributed by atoms with Crippen LogP contribution in [0.15, 0.2) is 60.9 Å². The van der Waals surface area contributed by atoms with Crippen molar-refractivity contribution in [3.05, 3.63) is 72.6 Å². The Bertz CT molecular complexity index is 1970. The van der Waals surface area contributed by atoms with Gasteiger partial charge in [0.15, 0.2) is 0 Å². The molecule has 4 amide bonds. The van der Waals surface area contributed by atoms with E-state index in [4.69, 9.17) is 9.72 Å². The van der Waals surface area contributed by atoms with Crippen molar-refractivity contribution in [3.63, 3.8) is 0 Å². The second kappa shape index (κ2) is 15.7. The molecule has 2 saturated heterocycles. The van der Waals surface area contributed by atoms with E-state index in [0.717, 1.165) is 52.9 Å². The van der Waals surface area contributed by atoms with Gasteiger partial charge in [-0.2, -0.15) is 0 Å². The Hall–Kier alpha value is -5.66. The van der Waals surface area contributed by atoms with Crippen LogP contribution in [0, 0.1) is 11.8 Å². The maximum atomic E-state index is 13.6. The van der Waals surface area contributed by atoms with E-state index in [9.17, 15) is 24.3 Å². The number of ether oxygens (including phenoxy) is 1. The number of rotatable bonds is 11. The van der Waals surface area contributed by atoms with E-state index in [1.54, 1.807) is 22.2 Å². The molecule has 0 unspecified atom stereocenters. The molecule has 0 radical (unpaired) electrons. The number of carbonyl (C=O) groups is 4. The van der Waals surface area contributed by atoms with E-state index in [0.29, 0.717) is 31.2 Å². The maximum Gasteiger partial charge on any atom is 0.407 e. The second-order valence-electron chi connectivity index (χ2n) is 15.1. The molecule has 0 bridgehead atoms. The molecule has 4 atom stereocenters. The van der Waals surface area contributed by atoms with Gasteiger partial charge in [-0.15, -0.1) is 0 Å². The Balaban J connectivity index is 1.13. The first-order valence-corrected chi connectivity index (χ1v) is 18.6. The number of H-pyrrole nitrogens is 2. The molecular weight excluding hydrogens is 688 g/mol. The average molecular weight is 739 g/mol. The molecule has 286 valence electrons. The number of imidazole rings is 2. The van der Waals surface area contributed by atoms with E-state index >= 15 is 0 Å². The first-order chi connectivity index (χ1) is 25.8. The van der Waals surface area contributed by atoms with Crippen LogP contribution in [0.5, 0.6) is 0 Å². The molecule has 2 aromatic carbocycles. The number of carbonyl (C=O) groups excluding carboxylic acids is 3. The molecule has 2 aliphatic heterocycles. The van der Waals surface area contributed by atoms with Gasteiger partial charge in [0.05, 0.1) is 42.5 Å². The third-order valence-corrected chi connectivity index (χ3v) is 10.8. The van der Waals surface area contributed by atoms with Gasteiger partial charge >= 0.3 is 12.2 Å². The Kier molecular flexibility index (Phi) is 11.1. The van der Waals surface area contributed by atoms with Crippen LogP contribution in [0.2, 0.25) is 0 Å². The molecule has 54 heavy (non-hydrogen) atoms. The number of likely N-dealkylation sites (tertiary alicyclic amines) is 2. The van der Waals surface area contributed by atoms with Crippen LogP contribution >= 0.6 is 0 Å². The van der Waals surface area contributed by atoms with Crippen molar-refractivity contribution in [3.8, 4) is 33.6 Å². The summed E-state index contributed by atoms with van der Waals surface area (Å²) < 4.78 is 4.75. The number of hydrogen-bond donors (Lipinski definition) is 5. The monoisotopic (exact) mass is 738 g/mol. The summed E-state index contributed by atoms with van der Waals surface area (Å²) in [7, 11) is 1.29. The number of alkyl carbamates (subject to hydrolysis) is 1. The van der Waals surface area contributed by atoms with Crippen molar-refractivity contribution in [1.29, 1.82) is 0 Å². The lowest BCUT2D eigenvalue weighted by molar-refractivity contribution is -0.138. The minimum Gasteiger partial charge on any atom is -0.465 e. The molecule has 2 aliphatic rings. The van der Waals surface area contributed by atoms with Crippen molar-refractivity contribution in [2.45, 2.75) is 84.0 Å². The number of carboxylic acid groups (broad SMARTS) is 1. The standard InChI is InChI=1S/C40H50N8O6/c1-23(2)32(46-39(53)54-6)35(49)47-19-7-9-31(47)34-41-21-29(43-34)27-14-10-25(11-15-27)26-12-16-28(17-13-26)30-22-42-37(44-30)40(5)18-8-20-48(40)36(50)33(24(3)4)45-38(51)52/h10-17,21-24,31-33,45H,7-9,18-20H2,1-6H3,(H,41,43)(H,42,44)(H,46,53)(H,51,52)/t31-,32-,33-,40-/m0/s1. The SMILES string of the molecule is COC(=O)N[C@H](C(=O)N1CCC[C@H]1c1ncc(-c2ccc(-c3ccc(-c4cnc([C@]5(C)CCCN5C(=O)[C@@H](NC(=O)O)C(C)C)[nH]4)cc3)cc2)[nH]1)C(C)C. The molecule has 2 aromatic heterocycles. The fraction of sp³-hybridized carbons (Fsp3) is 0.450. The summed E-state index contributed by atoms with van der Waals surface area (Å²) in [6, 6.07) is 14.6. The first kappa shape index (κ1) is 38.1. The predicted molar refractivity (Wildman–Crippen MR) is 203 cm³/mol. The molecule has 2 fully saturated rings. The molecule has 14 heteroatoms. The van der Waals surface area contributed by atoms with Crippen LogP contribution in [0.4, 0.5) is 9.59 Å². The van der Waals surface area contributed by atoms with Gasteiger partial charge in [-0.25, -0.2) is 19.6 Å². The number of methoxy groups -OCH3 is 1. The Morgan fingerprint density at radius 1 is 0.796 bits per heavy atom. The van der Waals surface area contributed by atoms with Gasteiger partial charge in [-0.1, -0.05) is 76.2 Å². The van der Waals surface area contributed by atoms with Gasteiger partial charge < -0.3 is 40.2 Å². The van der Waals surface area contributed by atoms with E-state index < -0.39 is 29.8 Å². The van der Waals surface area contributed by atoms with Gasteiger partial charge in [-0.3, -0.25) is 9.59 Å². The van der Waals surface area contributed by atoms with E-state index in [2.05, 4.69) is 49.9 Å². The van der Waals surface area contributed by atoms with E-state index in [-0.39, 0.29) is 29.7 Å². The highest BCUT2D eigenvalue weighted by Crippen LogP contribution is 2.39. The lowest BCUT2D eigenvalue weighted by atomic mass is 9.95. The number of aromatic amines is 2. The number of aromatic nitrogens is 4. The van der Waals surface area contributed by atoms with Gasteiger partial charge in [-0.05, 0) is 66.7 Å². The van der Waals surface area contributed by atoms with Crippen molar-refractivity contribution >= 4 is 24.0 Å². The van der Waals surface area contributed by atoms with Crippen molar-refractivity contribution in [1.82, 2.24) is 40.4 Å². The zero-order chi connectivity index (χ0) is 38.7. The molecule has 5 N–H and O–H groups in total. The summed E-state index contributed by atoms with van der Waals surface area (Å²) in [5.74, 6) is 0.691. The Morgan fingerprint density at radius 3 is 1.93 bits per heavy atom. The lowest BCUT2D eigenvalue weighted by Crippen LogP contribution is -2.54. The summed E-state index contributed by atoms with van der Waals surface area (Å²) in [5.41, 5.74) is 4.99. The van der Waals surface area contributed by atoms with Crippen LogP contribution < -0.4 is 10.6 Å². The quantitative estimate of drug-likeness (QED) is 0.119. The molecule has 4 aromatic rings. The lowest BCUT2D eigenvalue weighted by Gasteiger charge is -2.36. The molecule has 0 spiro atoms. The zero-order valence-electron chi connectivity index (χ0n) is 31.7. The molecule has 14 nitrogen and oxygen atoms in total. The highest BCUT2D eigenvalue weighted by Gasteiger charge is 2.46. The topological polar surface area (TPSA) is 186 Å². The van der Waals surface area contributed by atoms with Crippen LogP contribution in [0.25, 0.3) is 33.6 Å². The predicted octanol–water partition coefficient (Wildman–Crippen LogP) is 6.31. The number of nitrogens with zero attached hydrogens (tertiary/aromatic N) is 4. The number of hydrogen-bond acceptors (Lipinski definition) is 7. The number of benzene rings is 2. The second-order valence-corrected chi connectivity index (χ2v) is 15.1. The fourth-order valence-corrected chi connectivity index (χ4v) is 7.65. The number of nitrogens with one attached hydrogen (secondary N) is 4.